The van der Waals surface area contributed by atoms with Crippen LogP contribution >= 0.6 is 15.6 Å². The molecule has 0 bridgehead atoms. The van der Waals surface area contributed by atoms with Crippen LogP contribution < -0.4 is 0 Å². The minimum absolute atomic E-state index is 0.0255. The molecule has 0 aliphatic carbocycles. The molecule has 0 fully saturated rings. The van der Waals surface area contributed by atoms with Gasteiger partial charge in [-0.15, -0.1) is 0 Å². The first-order valence-electron chi connectivity index (χ1n) is 38.4. The Kier molecular flexibility index (Phi) is 69.7. The van der Waals surface area contributed by atoms with E-state index in [1.54, 1.807) is 6.08 Å². The Bertz CT molecular complexity index is 2600. The second-order valence-electron chi connectivity index (χ2n) is 24.8. The van der Waals surface area contributed by atoms with Crippen molar-refractivity contribution in [2.45, 2.75) is 290 Å². The Morgan fingerprint density at radius 3 is 0.941 bits per heavy atom. The van der Waals surface area contributed by atoms with Crippen molar-refractivity contribution in [1.29, 1.82) is 0 Å². The molecule has 19 heteroatoms. The molecular weight excluding hydrogens is 1330 g/mol. The van der Waals surface area contributed by atoms with Crippen LogP contribution in [-0.2, 0) is 65.4 Å². The molecule has 0 spiro atoms. The number of unbranched alkanes of at least 4 members (excludes halogenated alkanes) is 17. The smallest absolute Gasteiger partial charge is 0.462 e. The lowest BCUT2D eigenvalue weighted by Gasteiger charge is -2.21. The summed E-state index contributed by atoms with van der Waals surface area (Å²) in [6.45, 7) is 4.35. The highest BCUT2D eigenvalue weighted by Crippen LogP contribution is 2.45. The Morgan fingerprint density at radius 2 is 0.569 bits per heavy atom. The minimum atomic E-state index is -5.01. The van der Waals surface area contributed by atoms with Gasteiger partial charge in [0.2, 0.25) is 0 Å². The van der Waals surface area contributed by atoms with Crippen LogP contribution in [0.1, 0.15) is 272 Å². The van der Waals surface area contributed by atoms with Gasteiger partial charge in [-0.3, -0.25) is 37.3 Å². The number of hydrogen-bond acceptors (Lipinski definition) is 15. The summed E-state index contributed by atoms with van der Waals surface area (Å²) >= 11 is 0. The standard InChI is InChI=1S/C83H134O17P2/c1-5-9-13-17-21-25-29-33-36-37-38-39-42-45-48-52-56-60-64-68-81(86)94-74-79(100-83(88)70-66-62-58-54-50-46-41-35-31-27-23-19-15-11-7-3)76-98-102(91,92)96-72-77(84)71-95-101(89,90)97-75-78(99-82(87)69-65-61-57-53-49-43-32-28-24-20-16-12-8-4)73-93-80(85)67-63-59-55-51-47-44-40-34-30-26-22-18-14-10-6-2/h9-10,13-14,21-23,25-28,32-36,38-41,45,47-48,51,56,59-60,63,77-79,84H,5-8,11-12,15-20,24,29-31,37,42-44,46,49-50,52-55,57-58,61-62,64-76H2,1-4H3,(H,89,90)(H,91,92)/b13-9-,14-10-,25-21-,26-22-,27-23-,32-28-,36-33-,39-38-,40-34-,41-35-,48-45-,51-47-,60-56-,63-59-. The van der Waals surface area contributed by atoms with E-state index in [2.05, 4.69) is 155 Å². The predicted octanol–water partition coefficient (Wildman–Crippen LogP) is 22.2. The SMILES string of the molecule is CC/C=C\C/C=C\C/C=C\C/C=C\C/C=C\C/C=C\CCC(=O)OCC(COP(=O)(O)OCC(O)COP(=O)(O)OCC(COC(=O)C/C=C\C/C=C\C/C=C\C/C=C\C/C=C\CC)OC(=O)CCCCCCC/C=C\CCCCCC)OC(=O)CCCCCCC/C=C\C/C=C\CCCCC. The number of carbonyl (C=O) groups is 4. The molecule has 5 unspecified atom stereocenters. The summed E-state index contributed by atoms with van der Waals surface area (Å²) in [6.07, 6.45) is 86.8. The molecule has 0 aromatic heterocycles. The third-order valence-electron chi connectivity index (χ3n) is 15.2. The van der Waals surface area contributed by atoms with Crippen LogP contribution in [0.15, 0.2) is 170 Å². The van der Waals surface area contributed by atoms with Crippen molar-refractivity contribution < 1.29 is 80.2 Å². The molecule has 17 nitrogen and oxygen atoms in total. The normalized spacial score (nSPS) is 14.9. The molecule has 3 N–H and O–H groups in total. The lowest BCUT2D eigenvalue weighted by molar-refractivity contribution is -0.161. The fourth-order valence-electron chi connectivity index (χ4n) is 9.40. The van der Waals surface area contributed by atoms with Crippen molar-refractivity contribution in [3.05, 3.63) is 170 Å². The molecule has 578 valence electrons. The zero-order valence-corrected chi connectivity index (χ0v) is 64.8. The van der Waals surface area contributed by atoms with Gasteiger partial charge < -0.3 is 33.8 Å². The number of phosphoric ester groups is 2. The lowest BCUT2D eigenvalue weighted by Crippen LogP contribution is -2.30. The number of hydrogen-bond donors (Lipinski definition) is 3. The van der Waals surface area contributed by atoms with Crippen LogP contribution in [0.4, 0.5) is 0 Å². The summed E-state index contributed by atoms with van der Waals surface area (Å²) in [5.41, 5.74) is 0. The number of aliphatic hydroxyl groups is 1. The van der Waals surface area contributed by atoms with Gasteiger partial charge in [-0.05, 0) is 148 Å². The third kappa shape index (κ3) is 72.8. The monoisotopic (exact) mass is 1460 g/mol. The molecule has 5 atom stereocenters. The van der Waals surface area contributed by atoms with E-state index in [4.69, 9.17) is 37.0 Å². The lowest BCUT2D eigenvalue weighted by atomic mass is 10.1. The first-order chi connectivity index (χ1) is 49.7. The van der Waals surface area contributed by atoms with Gasteiger partial charge >= 0.3 is 39.5 Å². The van der Waals surface area contributed by atoms with Crippen LogP contribution in [0.5, 0.6) is 0 Å². The van der Waals surface area contributed by atoms with Gasteiger partial charge in [0.25, 0.3) is 0 Å². The van der Waals surface area contributed by atoms with Crippen molar-refractivity contribution in [3.63, 3.8) is 0 Å². The van der Waals surface area contributed by atoms with Gasteiger partial charge in [0, 0.05) is 19.3 Å². The fraction of sp³-hybridized carbons (Fsp3) is 0.614. The first-order valence-corrected chi connectivity index (χ1v) is 41.4. The number of esters is 4. The summed E-state index contributed by atoms with van der Waals surface area (Å²) in [6, 6.07) is 0. The number of phosphoric acid groups is 2. The first kappa shape index (κ1) is 96.4. The molecule has 0 aliphatic heterocycles. The molecular formula is C83H134O17P2. The number of carbonyl (C=O) groups excluding carboxylic acids is 4. The minimum Gasteiger partial charge on any atom is -0.462 e. The van der Waals surface area contributed by atoms with Crippen LogP contribution in [-0.4, -0.2) is 96.7 Å². The predicted molar refractivity (Wildman–Crippen MR) is 417 cm³/mol. The highest BCUT2D eigenvalue weighted by Gasteiger charge is 2.30. The largest absolute Gasteiger partial charge is 0.472 e. The van der Waals surface area contributed by atoms with E-state index in [1.165, 1.54) is 44.9 Å². The van der Waals surface area contributed by atoms with Crippen LogP contribution in [0.2, 0.25) is 0 Å². The maximum atomic E-state index is 13.1. The molecule has 0 heterocycles. The van der Waals surface area contributed by atoms with Crippen molar-refractivity contribution in [2.24, 2.45) is 0 Å². The van der Waals surface area contributed by atoms with Gasteiger partial charge in [0.05, 0.1) is 32.8 Å². The quantitative estimate of drug-likeness (QED) is 0.0169. The zero-order valence-electron chi connectivity index (χ0n) is 63.0. The van der Waals surface area contributed by atoms with Crippen molar-refractivity contribution >= 4 is 39.5 Å². The van der Waals surface area contributed by atoms with Gasteiger partial charge in [-0.25, -0.2) is 9.13 Å². The van der Waals surface area contributed by atoms with E-state index in [9.17, 15) is 43.2 Å². The maximum absolute atomic E-state index is 13.1. The Morgan fingerprint density at radius 1 is 0.294 bits per heavy atom. The molecule has 0 saturated heterocycles. The maximum Gasteiger partial charge on any atom is 0.472 e. The summed E-state index contributed by atoms with van der Waals surface area (Å²) in [7, 11) is -10.0. The Labute approximate surface area is 616 Å². The Hall–Kier alpha value is -5.58. The van der Waals surface area contributed by atoms with E-state index in [0.717, 1.165) is 141 Å². The molecule has 0 aromatic rings. The average Bonchev–Trinajstić information content (AvgIpc) is 0.924. The van der Waals surface area contributed by atoms with E-state index >= 15 is 0 Å². The summed E-state index contributed by atoms with van der Waals surface area (Å²) in [4.78, 5) is 72.8. The second-order valence-corrected chi connectivity index (χ2v) is 27.7. The van der Waals surface area contributed by atoms with E-state index in [0.29, 0.717) is 32.1 Å². The van der Waals surface area contributed by atoms with E-state index in [-0.39, 0.29) is 25.7 Å². The van der Waals surface area contributed by atoms with Gasteiger partial charge in [0.15, 0.2) is 12.2 Å². The van der Waals surface area contributed by atoms with Gasteiger partial charge in [0.1, 0.15) is 19.3 Å². The molecule has 0 aromatic carbocycles. The van der Waals surface area contributed by atoms with Gasteiger partial charge in [-0.2, -0.15) is 0 Å². The molecule has 0 rings (SSSR count). The highest BCUT2D eigenvalue weighted by atomic mass is 31.2. The van der Waals surface area contributed by atoms with Gasteiger partial charge in [-0.1, -0.05) is 268 Å². The second kappa shape index (κ2) is 73.7. The summed E-state index contributed by atoms with van der Waals surface area (Å²) in [5, 5.41) is 10.6. The average molecular weight is 1470 g/mol. The third-order valence-corrected chi connectivity index (χ3v) is 17.1. The molecule has 102 heavy (non-hydrogen) atoms. The molecule has 0 saturated carbocycles. The molecule has 0 radical (unpaired) electrons. The van der Waals surface area contributed by atoms with Crippen molar-refractivity contribution in [2.75, 3.05) is 39.6 Å². The number of aliphatic hydroxyl groups excluding tert-OH is 1. The fourth-order valence-corrected chi connectivity index (χ4v) is 11.0. The molecule has 0 aliphatic rings. The number of rotatable bonds is 70. The number of ether oxygens (including phenoxy) is 4. The zero-order chi connectivity index (χ0) is 74.6. The van der Waals surface area contributed by atoms with E-state index < -0.39 is 97.5 Å². The number of allylic oxidation sites excluding steroid dienone is 27. The van der Waals surface area contributed by atoms with Crippen LogP contribution in [0.3, 0.4) is 0 Å². The van der Waals surface area contributed by atoms with Crippen LogP contribution in [0.25, 0.3) is 0 Å². The molecule has 0 amide bonds. The topological polar surface area (TPSA) is 237 Å². The Balaban J connectivity index is 5.51. The highest BCUT2D eigenvalue weighted by molar-refractivity contribution is 7.47. The van der Waals surface area contributed by atoms with Crippen LogP contribution in [0, 0.1) is 0 Å². The van der Waals surface area contributed by atoms with Crippen molar-refractivity contribution in [3.8, 4) is 0 Å². The van der Waals surface area contributed by atoms with Crippen molar-refractivity contribution in [1.82, 2.24) is 0 Å². The summed E-state index contributed by atoms with van der Waals surface area (Å²) in [5.74, 6) is -2.46. The summed E-state index contributed by atoms with van der Waals surface area (Å²) < 4.78 is 68.2. The van der Waals surface area contributed by atoms with E-state index in [1.807, 2.05) is 36.5 Å².